The Kier molecular flexibility index (Phi) is 2.18. The summed E-state index contributed by atoms with van der Waals surface area (Å²) in [6.07, 6.45) is -4.78. The van der Waals surface area contributed by atoms with Crippen molar-refractivity contribution in [1.29, 1.82) is 0 Å². The van der Waals surface area contributed by atoms with Gasteiger partial charge in [0.05, 0.1) is 0 Å². The van der Waals surface area contributed by atoms with Crippen molar-refractivity contribution in [1.82, 2.24) is 9.91 Å². The van der Waals surface area contributed by atoms with Gasteiger partial charge >= 0.3 is 12.2 Å². The lowest BCUT2D eigenvalue weighted by Crippen LogP contribution is -2.42. The molecule has 2 aliphatic heterocycles. The van der Waals surface area contributed by atoms with Crippen LogP contribution in [0.2, 0.25) is 0 Å². The molecule has 0 aliphatic carbocycles. The zero-order valence-corrected chi connectivity index (χ0v) is 8.15. The molecule has 86 valence electrons. The topological polar surface area (TPSA) is 40.6 Å². The van der Waals surface area contributed by atoms with Gasteiger partial charge in [-0.2, -0.15) is 13.2 Å². The maximum Gasteiger partial charge on any atom is 0.422 e. The first-order valence-corrected chi connectivity index (χ1v) is 4.28. The van der Waals surface area contributed by atoms with Crippen LogP contribution < -0.4 is 0 Å². The average Bonchev–Trinajstić information content (AvgIpc) is 2.87. The number of hydrazone groups is 1. The second kappa shape index (κ2) is 3.16. The van der Waals surface area contributed by atoms with E-state index in [0.717, 1.165) is 0 Å². The number of hydrogen-bond donors (Lipinski definition) is 0. The molecule has 0 amide bonds. The number of likely N-dealkylation sites (N-methyl/N-ethyl adjacent to an activating group) is 2. The standard InChI is InChI=1S/C7H10F3N3O2/c1-12-4-5(15-4)13(2)11-6(12)14-3-7(8,9)10/h4-5H,3H2,1-2H3. The van der Waals surface area contributed by atoms with Crippen LogP contribution in [-0.4, -0.2) is 55.3 Å². The number of hydrogen-bond acceptors (Lipinski definition) is 5. The number of alkyl halides is 3. The molecule has 1 saturated heterocycles. The number of epoxide rings is 1. The second-order valence-corrected chi connectivity index (χ2v) is 3.39. The predicted molar refractivity (Wildman–Crippen MR) is 43.6 cm³/mol. The van der Waals surface area contributed by atoms with Gasteiger partial charge in [0, 0.05) is 14.1 Å². The Morgan fingerprint density at radius 2 is 2.07 bits per heavy atom. The molecule has 0 N–H and O–H groups in total. The smallest absolute Gasteiger partial charge is 0.422 e. The molecule has 0 radical (unpaired) electrons. The molecular formula is C7H10F3N3O2. The normalized spacial score (nSPS) is 29.8. The van der Waals surface area contributed by atoms with Crippen LogP contribution >= 0.6 is 0 Å². The second-order valence-electron chi connectivity index (χ2n) is 3.39. The lowest BCUT2D eigenvalue weighted by atomic mass is 10.5. The van der Waals surface area contributed by atoms with E-state index < -0.39 is 12.8 Å². The molecule has 2 atom stereocenters. The molecule has 1 fully saturated rings. The molecule has 2 heterocycles. The average molecular weight is 225 g/mol. The van der Waals surface area contributed by atoms with Crippen LogP contribution in [0.1, 0.15) is 0 Å². The van der Waals surface area contributed by atoms with Gasteiger partial charge in [-0.1, -0.05) is 0 Å². The molecule has 8 heteroatoms. The Hall–Kier alpha value is -1.18. The molecule has 2 unspecified atom stereocenters. The van der Waals surface area contributed by atoms with Crippen molar-refractivity contribution in [3.63, 3.8) is 0 Å². The van der Waals surface area contributed by atoms with Gasteiger partial charge < -0.3 is 9.47 Å². The van der Waals surface area contributed by atoms with Crippen molar-refractivity contribution >= 4 is 6.02 Å². The summed E-state index contributed by atoms with van der Waals surface area (Å²) in [7, 11) is 3.20. The van der Waals surface area contributed by atoms with E-state index in [-0.39, 0.29) is 18.5 Å². The maximum absolute atomic E-state index is 11.9. The number of ether oxygens (including phenoxy) is 2. The van der Waals surface area contributed by atoms with Crippen molar-refractivity contribution in [2.24, 2.45) is 5.10 Å². The number of fused-ring (bicyclic) bond motifs is 1. The van der Waals surface area contributed by atoms with Gasteiger partial charge in [0.2, 0.25) is 0 Å². The maximum atomic E-state index is 11.9. The first-order valence-electron chi connectivity index (χ1n) is 4.28. The SMILES string of the molecule is CN1N=C(OCC(F)(F)F)N(C)C2OC21. The van der Waals surface area contributed by atoms with E-state index in [9.17, 15) is 13.2 Å². The third kappa shape index (κ3) is 2.09. The van der Waals surface area contributed by atoms with Crippen molar-refractivity contribution in [3.8, 4) is 0 Å². The summed E-state index contributed by atoms with van der Waals surface area (Å²) in [6, 6.07) is -0.0754. The summed E-state index contributed by atoms with van der Waals surface area (Å²) < 4.78 is 45.4. The molecule has 2 aliphatic rings. The quantitative estimate of drug-likeness (QED) is 0.605. The monoisotopic (exact) mass is 225 g/mol. The van der Waals surface area contributed by atoms with E-state index in [0.29, 0.717) is 0 Å². The number of amidine groups is 1. The molecular weight excluding hydrogens is 215 g/mol. The number of halogens is 3. The summed E-state index contributed by atoms with van der Waals surface area (Å²) >= 11 is 0. The fraction of sp³-hybridized carbons (Fsp3) is 0.857. The van der Waals surface area contributed by atoms with E-state index in [1.54, 1.807) is 14.1 Å². The van der Waals surface area contributed by atoms with Gasteiger partial charge in [-0.15, -0.1) is 5.10 Å². The minimum atomic E-state index is -4.36. The molecule has 0 aromatic rings. The third-order valence-corrected chi connectivity index (χ3v) is 2.11. The largest absolute Gasteiger partial charge is 0.454 e. The third-order valence-electron chi connectivity index (χ3n) is 2.11. The summed E-state index contributed by atoms with van der Waals surface area (Å²) in [5.74, 6) is 0. The summed E-state index contributed by atoms with van der Waals surface area (Å²) in [5, 5.41) is 5.26. The highest BCUT2D eigenvalue weighted by atomic mass is 19.4. The first-order chi connectivity index (χ1) is 6.88. The molecule has 0 spiro atoms. The van der Waals surface area contributed by atoms with Crippen molar-refractivity contribution < 1.29 is 22.6 Å². The van der Waals surface area contributed by atoms with E-state index >= 15 is 0 Å². The molecule has 0 saturated carbocycles. The van der Waals surface area contributed by atoms with Gasteiger partial charge in [0.15, 0.2) is 19.1 Å². The summed E-state index contributed by atoms with van der Waals surface area (Å²) in [6.45, 7) is -1.35. The minimum absolute atomic E-state index is 0.0754. The van der Waals surface area contributed by atoms with Crippen LogP contribution in [0, 0.1) is 0 Å². The summed E-state index contributed by atoms with van der Waals surface area (Å²) in [4.78, 5) is 1.44. The highest BCUT2D eigenvalue weighted by Crippen LogP contribution is 2.32. The van der Waals surface area contributed by atoms with E-state index in [1.165, 1.54) is 9.91 Å². The molecule has 2 rings (SSSR count). The van der Waals surface area contributed by atoms with Gasteiger partial charge in [-0.3, -0.25) is 9.91 Å². The molecule has 0 aromatic heterocycles. The number of nitrogens with zero attached hydrogens (tertiary/aromatic N) is 3. The van der Waals surface area contributed by atoms with Crippen LogP contribution in [0.3, 0.4) is 0 Å². The minimum Gasteiger partial charge on any atom is -0.454 e. The Morgan fingerprint density at radius 1 is 1.40 bits per heavy atom. The molecule has 0 bridgehead atoms. The Bertz CT molecular complexity index is 294. The van der Waals surface area contributed by atoms with E-state index in [2.05, 4.69) is 9.84 Å². The molecule has 5 nitrogen and oxygen atoms in total. The van der Waals surface area contributed by atoms with Crippen LogP contribution in [0.15, 0.2) is 5.10 Å². The number of rotatable bonds is 1. The first kappa shape index (κ1) is 10.3. The van der Waals surface area contributed by atoms with Crippen LogP contribution in [0.25, 0.3) is 0 Å². The zero-order valence-electron chi connectivity index (χ0n) is 8.15. The van der Waals surface area contributed by atoms with Gasteiger partial charge in [-0.05, 0) is 0 Å². The van der Waals surface area contributed by atoms with E-state index in [1.807, 2.05) is 0 Å². The predicted octanol–water partition coefficient (Wildman–Crippen LogP) is 0.396. The van der Waals surface area contributed by atoms with Gasteiger partial charge in [0.1, 0.15) is 0 Å². The van der Waals surface area contributed by atoms with Crippen molar-refractivity contribution in [2.75, 3.05) is 20.7 Å². The fourth-order valence-corrected chi connectivity index (χ4v) is 1.30. The van der Waals surface area contributed by atoms with Crippen LogP contribution in [-0.2, 0) is 9.47 Å². The molecule has 15 heavy (non-hydrogen) atoms. The van der Waals surface area contributed by atoms with Crippen LogP contribution in [0.4, 0.5) is 13.2 Å². The Morgan fingerprint density at radius 3 is 2.67 bits per heavy atom. The summed E-state index contributed by atoms with van der Waals surface area (Å²) in [5.41, 5.74) is 0. The lowest BCUT2D eigenvalue weighted by molar-refractivity contribution is -0.158. The lowest BCUT2D eigenvalue weighted by Gasteiger charge is -2.25. The molecule has 0 aromatic carbocycles. The fourth-order valence-electron chi connectivity index (χ4n) is 1.30. The van der Waals surface area contributed by atoms with Crippen LogP contribution in [0.5, 0.6) is 0 Å². The van der Waals surface area contributed by atoms with Crippen molar-refractivity contribution in [3.05, 3.63) is 0 Å². The van der Waals surface area contributed by atoms with Crippen molar-refractivity contribution in [2.45, 2.75) is 18.6 Å². The zero-order chi connectivity index (χ0) is 11.2. The van der Waals surface area contributed by atoms with Gasteiger partial charge in [-0.25, -0.2) is 0 Å². The highest BCUT2D eigenvalue weighted by molar-refractivity contribution is 5.74. The van der Waals surface area contributed by atoms with Gasteiger partial charge in [0.25, 0.3) is 0 Å². The Labute approximate surface area is 84.0 Å². The Balaban J connectivity index is 1.96. The highest BCUT2D eigenvalue weighted by Gasteiger charge is 2.51. The van der Waals surface area contributed by atoms with E-state index in [4.69, 9.17) is 4.74 Å².